The maximum absolute atomic E-state index is 13.4. The normalized spacial score (nSPS) is 13.9. The molecule has 0 amide bonds. The maximum atomic E-state index is 13.4. The van der Waals surface area contributed by atoms with Crippen molar-refractivity contribution in [2.75, 3.05) is 27.2 Å². The fraction of sp³-hybridized carbons (Fsp3) is 0.417. The van der Waals surface area contributed by atoms with Crippen molar-refractivity contribution in [3.05, 3.63) is 29.6 Å². The van der Waals surface area contributed by atoms with Crippen molar-refractivity contribution in [1.29, 1.82) is 0 Å². The van der Waals surface area contributed by atoms with Crippen molar-refractivity contribution in [2.45, 2.75) is 6.54 Å². The molecule has 100 valence electrons. The van der Waals surface area contributed by atoms with Gasteiger partial charge < -0.3 is 15.0 Å². The highest BCUT2D eigenvalue weighted by Crippen LogP contribution is 2.17. The van der Waals surface area contributed by atoms with Gasteiger partial charge in [0.2, 0.25) is 0 Å². The molecule has 1 aliphatic heterocycles. The standard InChI is InChI=1S/C12H16FN3O.HI/c1-16-6-5-14-12(16)15-8-9-3-4-11(17-2)10(13)7-9;/h3-4,7H,5-6,8H2,1-2H3,(H,14,15);1H. The van der Waals surface area contributed by atoms with Crippen molar-refractivity contribution in [2.24, 2.45) is 4.99 Å². The summed E-state index contributed by atoms with van der Waals surface area (Å²) in [4.78, 5) is 6.34. The summed E-state index contributed by atoms with van der Waals surface area (Å²) in [5.41, 5.74) is 0.867. The fourth-order valence-corrected chi connectivity index (χ4v) is 1.72. The Balaban J connectivity index is 0.00000162. The first-order chi connectivity index (χ1) is 8.20. The Bertz CT molecular complexity index is 439. The molecule has 0 atom stereocenters. The molecule has 1 N–H and O–H groups in total. The lowest BCUT2D eigenvalue weighted by atomic mass is 10.2. The molecule has 18 heavy (non-hydrogen) atoms. The van der Waals surface area contributed by atoms with E-state index >= 15 is 0 Å². The number of nitrogens with zero attached hydrogens (tertiary/aromatic N) is 2. The number of likely N-dealkylation sites (N-methyl/N-ethyl adjacent to an activating group) is 1. The number of guanidine groups is 1. The van der Waals surface area contributed by atoms with Crippen LogP contribution in [0, 0.1) is 5.82 Å². The van der Waals surface area contributed by atoms with E-state index in [1.54, 1.807) is 6.07 Å². The molecule has 1 aliphatic rings. The van der Waals surface area contributed by atoms with Crippen molar-refractivity contribution in [3.8, 4) is 5.75 Å². The van der Waals surface area contributed by atoms with E-state index in [1.165, 1.54) is 13.2 Å². The van der Waals surface area contributed by atoms with E-state index in [-0.39, 0.29) is 35.5 Å². The van der Waals surface area contributed by atoms with Crippen LogP contribution in [0.15, 0.2) is 23.2 Å². The molecule has 0 aliphatic carbocycles. The Labute approximate surface area is 123 Å². The number of hydrogen-bond donors (Lipinski definition) is 1. The molecule has 6 heteroatoms. The monoisotopic (exact) mass is 365 g/mol. The summed E-state index contributed by atoms with van der Waals surface area (Å²) in [6.07, 6.45) is 0. The van der Waals surface area contributed by atoms with Crippen molar-refractivity contribution in [3.63, 3.8) is 0 Å². The minimum Gasteiger partial charge on any atom is -0.494 e. The first-order valence-corrected chi connectivity index (χ1v) is 5.52. The van der Waals surface area contributed by atoms with Crippen LogP contribution in [0.25, 0.3) is 0 Å². The predicted octanol–water partition coefficient (Wildman–Crippen LogP) is 1.84. The van der Waals surface area contributed by atoms with Gasteiger partial charge in [0.15, 0.2) is 17.5 Å². The van der Waals surface area contributed by atoms with E-state index in [4.69, 9.17) is 4.74 Å². The Hall–Kier alpha value is -1.05. The third-order valence-electron chi connectivity index (χ3n) is 2.73. The number of hydrogen-bond acceptors (Lipinski definition) is 4. The molecule has 1 aromatic rings. The van der Waals surface area contributed by atoms with E-state index in [0.29, 0.717) is 6.54 Å². The molecule has 4 nitrogen and oxygen atoms in total. The third-order valence-corrected chi connectivity index (χ3v) is 2.73. The molecular formula is C12H17FIN3O. The highest BCUT2D eigenvalue weighted by atomic mass is 127. The Kier molecular flexibility index (Phi) is 5.64. The Morgan fingerprint density at radius 2 is 2.28 bits per heavy atom. The van der Waals surface area contributed by atoms with Gasteiger partial charge in [0.05, 0.1) is 13.7 Å². The van der Waals surface area contributed by atoms with Crippen LogP contribution in [0.3, 0.4) is 0 Å². The average molecular weight is 365 g/mol. The molecule has 0 unspecified atom stereocenters. The van der Waals surface area contributed by atoms with Crippen LogP contribution < -0.4 is 10.1 Å². The summed E-state index contributed by atoms with van der Waals surface area (Å²) in [7, 11) is 3.44. The van der Waals surface area contributed by atoms with E-state index in [2.05, 4.69) is 10.3 Å². The molecule has 1 heterocycles. The summed E-state index contributed by atoms with van der Waals surface area (Å²) in [6.45, 7) is 2.30. The minimum absolute atomic E-state index is 0. The van der Waals surface area contributed by atoms with Gasteiger partial charge in [-0.15, -0.1) is 24.0 Å². The van der Waals surface area contributed by atoms with Gasteiger partial charge in [-0.3, -0.25) is 4.99 Å². The molecule has 0 saturated carbocycles. The highest BCUT2D eigenvalue weighted by molar-refractivity contribution is 14.0. The first kappa shape index (κ1) is 15.0. The lowest BCUT2D eigenvalue weighted by Crippen LogP contribution is -2.35. The molecule has 1 aromatic carbocycles. The quantitative estimate of drug-likeness (QED) is 0.831. The van der Waals surface area contributed by atoms with Crippen LogP contribution in [-0.2, 0) is 6.54 Å². The number of nitrogens with one attached hydrogen (secondary N) is 1. The largest absolute Gasteiger partial charge is 0.494 e. The summed E-state index contributed by atoms with van der Waals surface area (Å²) >= 11 is 0. The maximum Gasteiger partial charge on any atom is 0.194 e. The Morgan fingerprint density at radius 1 is 1.50 bits per heavy atom. The second-order valence-corrected chi connectivity index (χ2v) is 3.95. The van der Waals surface area contributed by atoms with Crippen LogP contribution in [0.4, 0.5) is 4.39 Å². The van der Waals surface area contributed by atoms with Gasteiger partial charge >= 0.3 is 0 Å². The van der Waals surface area contributed by atoms with Crippen LogP contribution in [0.2, 0.25) is 0 Å². The molecule has 0 radical (unpaired) electrons. The van der Waals surface area contributed by atoms with Gasteiger partial charge in [0, 0.05) is 20.1 Å². The molecule has 0 bridgehead atoms. The van der Waals surface area contributed by atoms with Crippen LogP contribution in [0.1, 0.15) is 5.56 Å². The molecule has 0 saturated heterocycles. The molecule has 2 rings (SSSR count). The van der Waals surface area contributed by atoms with Crippen LogP contribution in [-0.4, -0.2) is 38.1 Å². The zero-order valence-electron chi connectivity index (χ0n) is 10.4. The fourth-order valence-electron chi connectivity index (χ4n) is 1.72. The lowest BCUT2D eigenvalue weighted by molar-refractivity contribution is 0.386. The van der Waals surface area contributed by atoms with Gasteiger partial charge in [0.1, 0.15) is 0 Å². The molecule has 0 aromatic heterocycles. The average Bonchev–Trinajstić information content (AvgIpc) is 2.72. The van der Waals surface area contributed by atoms with Gasteiger partial charge in [-0.05, 0) is 17.7 Å². The number of methoxy groups -OCH3 is 1. The lowest BCUT2D eigenvalue weighted by Gasteiger charge is -2.15. The van der Waals surface area contributed by atoms with E-state index in [9.17, 15) is 4.39 Å². The Morgan fingerprint density at radius 3 is 2.83 bits per heavy atom. The number of halogens is 2. The van der Waals surface area contributed by atoms with Crippen LogP contribution in [0.5, 0.6) is 5.75 Å². The zero-order valence-corrected chi connectivity index (χ0v) is 12.8. The van der Waals surface area contributed by atoms with E-state index < -0.39 is 0 Å². The third kappa shape index (κ3) is 3.47. The summed E-state index contributed by atoms with van der Waals surface area (Å²) in [6, 6.07) is 4.94. The van der Waals surface area contributed by atoms with Crippen molar-refractivity contribution in [1.82, 2.24) is 10.2 Å². The van der Waals surface area contributed by atoms with Crippen molar-refractivity contribution >= 4 is 29.9 Å². The van der Waals surface area contributed by atoms with Gasteiger partial charge in [0.25, 0.3) is 0 Å². The number of aliphatic imine (C=N–C) groups is 1. The topological polar surface area (TPSA) is 36.9 Å². The predicted molar refractivity (Wildman–Crippen MR) is 80.1 cm³/mol. The summed E-state index contributed by atoms with van der Waals surface area (Å²) in [5, 5.41) is 3.18. The number of rotatable bonds is 3. The number of benzene rings is 1. The highest BCUT2D eigenvalue weighted by Gasteiger charge is 2.11. The first-order valence-electron chi connectivity index (χ1n) is 5.52. The van der Waals surface area contributed by atoms with Gasteiger partial charge in [-0.25, -0.2) is 4.39 Å². The van der Waals surface area contributed by atoms with Gasteiger partial charge in [-0.2, -0.15) is 0 Å². The minimum atomic E-state index is -0.339. The molecule has 0 spiro atoms. The second-order valence-electron chi connectivity index (χ2n) is 3.95. The smallest absolute Gasteiger partial charge is 0.194 e. The van der Waals surface area contributed by atoms with E-state index in [0.717, 1.165) is 24.6 Å². The summed E-state index contributed by atoms with van der Waals surface area (Å²) in [5.74, 6) is 0.791. The SMILES string of the molecule is COc1ccc(CNC2=NCCN2C)cc1F.I. The van der Waals surface area contributed by atoms with Gasteiger partial charge in [-0.1, -0.05) is 6.07 Å². The zero-order chi connectivity index (χ0) is 12.3. The molecular weight excluding hydrogens is 348 g/mol. The molecule has 0 fully saturated rings. The second kappa shape index (κ2) is 6.77. The van der Waals surface area contributed by atoms with E-state index in [1.807, 2.05) is 18.0 Å². The van der Waals surface area contributed by atoms with Crippen LogP contribution >= 0.6 is 24.0 Å². The number of ether oxygens (including phenoxy) is 1. The van der Waals surface area contributed by atoms with Crippen molar-refractivity contribution < 1.29 is 9.13 Å². The summed E-state index contributed by atoms with van der Waals surface area (Å²) < 4.78 is 18.3.